The highest BCUT2D eigenvalue weighted by Crippen LogP contribution is 2.38. The molecule has 2 heterocycles. The molecule has 2 aliphatic heterocycles. The normalized spacial score (nSPS) is 15.2. The van der Waals surface area contributed by atoms with Crippen molar-refractivity contribution in [2.75, 3.05) is 10.6 Å². The van der Waals surface area contributed by atoms with Gasteiger partial charge in [0, 0.05) is 33.6 Å². The predicted molar refractivity (Wildman–Crippen MR) is 258 cm³/mol. The fourth-order valence-corrected chi connectivity index (χ4v) is 8.74. The Bertz CT molecular complexity index is 3110. The number of benzene rings is 9. The number of hydrogen-bond donors (Lipinski definition) is 2. The second-order valence-electron chi connectivity index (χ2n) is 15.9. The Morgan fingerprint density at radius 3 is 1.48 bits per heavy atom. The quantitative estimate of drug-likeness (QED) is 0.161. The van der Waals surface area contributed by atoms with E-state index >= 15 is 0 Å². The summed E-state index contributed by atoms with van der Waals surface area (Å²) in [4.78, 5) is 10.7. The third-order valence-corrected chi connectivity index (χ3v) is 12.0. The molecule has 0 bridgehead atoms. The highest BCUT2D eigenvalue weighted by Gasteiger charge is 2.25. The molecule has 0 radical (unpaired) electrons. The zero-order chi connectivity index (χ0) is 41.2. The van der Waals surface area contributed by atoms with E-state index in [-0.39, 0.29) is 12.2 Å². The van der Waals surface area contributed by atoms with E-state index in [1.807, 2.05) is 0 Å². The minimum atomic E-state index is -0.243. The molecule has 0 aromatic heterocycles. The maximum Gasteiger partial charge on any atom is 0.145 e. The summed E-state index contributed by atoms with van der Waals surface area (Å²) >= 11 is 0. The number of hydrogen-bond acceptors (Lipinski definition) is 4. The van der Waals surface area contributed by atoms with Crippen LogP contribution in [0.25, 0.3) is 44.5 Å². The predicted octanol–water partition coefficient (Wildman–Crippen LogP) is 14.3. The lowest BCUT2D eigenvalue weighted by atomic mass is 9.93. The van der Waals surface area contributed by atoms with Crippen LogP contribution in [0.3, 0.4) is 0 Å². The second-order valence-corrected chi connectivity index (χ2v) is 15.9. The molecule has 0 fully saturated rings. The largest absolute Gasteiger partial charge is 0.360 e. The van der Waals surface area contributed by atoms with E-state index in [4.69, 9.17) is 9.98 Å². The van der Waals surface area contributed by atoms with E-state index in [2.05, 4.69) is 241 Å². The molecule has 62 heavy (non-hydrogen) atoms. The Labute approximate surface area is 362 Å². The molecule has 2 N–H and O–H groups in total. The molecule has 0 saturated carbocycles. The molecule has 11 rings (SSSR count). The van der Waals surface area contributed by atoms with Crippen molar-refractivity contribution in [3.63, 3.8) is 0 Å². The third-order valence-electron chi connectivity index (χ3n) is 12.0. The van der Waals surface area contributed by atoms with Gasteiger partial charge in [-0.25, -0.2) is 0 Å². The summed E-state index contributed by atoms with van der Waals surface area (Å²) in [6, 6.07) is 81.7. The monoisotopic (exact) mass is 794 g/mol. The number of anilines is 2. The van der Waals surface area contributed by atoms with Gasteiger partial charge in [0.2, 0.25) is 0 Å². The van der Waals surface area contributed by atoms with E-state index < -0.39 is 0 Å². The minimum Gasteiger partial charge on any atom is -0.360 e. The molecule has 0 amide bonds. The Morgan fingerprint density at radius 2 is 0.806 bits per heavy atom. The summed E-state index contributed by atoms with van der Waals surface area (Å²) in [5.41, 5.74) is 19.2. The first kappa shape index (κ1) is 37.0. The van der Waals surface area contributed by atoms with Crippen molar-refractivity contribution in [1.82, 2.24) is 0 Å². The van der Waals surface area contributed by atoms with Gasteiger partial charge >= 0.3 is 0 Å². The van der Waals surface area contributed by atoms with Crippen LogP contribution in [-0.2, 0) is 0 Å². The van der Waals surface area contributed by atoms with Crippen molar-refractivity contribution >= 4 is 22.9 Å². The van der Waals surface area contributed by atoms with Crippen molar-refractivity contribution in [2.24, 2.45) is 9.98 Å². The molecule has 9 aromatic rings. The van der Waals surface area contributed by atoms with Crippen LogP contribution in [0.5, 0.6) is 0 Å². The second kappa shape index (κ2) is 16.2. The molecule has 0 aliphatic carbocycles. The van der Waals surface area contributed by atoms with Gasteiger partial charge in [-0.3, -0.25) is 9.98 Å². The first-order valence-electron chi connectivity index (χ1n) is 21.2. The van der Waals surface area contributed by atoms with Gasteiger partial charge in [-0.1, -0.05) is 200 Å². The van der Waals surface area contributed by atoms with E-state index in [9.17, 15) is 0 Å². The van der Waals surface area contributed by atoms with Crippen LogP contribution < -0.4 is 10.6 Å². The number of aliphatic imine (C=N–C) groups is 2. The van der Waals surface area contributed by atoms with E-state index in [1.54, 1.807) is 0 Å². The zero-order valence-corrected chi connectivity index (χ0v) is 34.0. The number of fused-ring (bicyclic) bond motifs is 2. The maximum absolute atomic E-state index is 5.36. The number of amidine groups is 1. The van der Waals surface area contributed by atoms with Crippen molar-refractivity contribution in [2.45, 2.75) is 12.2 Å². The van der Waals surface area contributed by atoms with Crippen LogP contribution in [0.2, 0.25) is 0 Å². The van der Waals surface area contributed by atoms with Crippen LogP contribution in [0.4, 0.5) is 11.4 Å². The van der Waals surface area contributed by atoms with E-state index in [1.165, 1.54) is 27.8 Å². The van der Waals surface area contributed by atoms with Crippen LogP contribution >= 0.6 is 0 Å². The number of para-hydroxylation sites is 2. The topological polar surface area (TPSA) is 48.8 Å². The number of nitrogens with zero attached hydrogens (tertiary/aromatic N) is 2. The SMILES string of the molecule is c1ccc(-c2ccc(C3=NC(c4cccc(-c5cccc(-c6cccc(C7=NC(c8ccc(-c9ccccc9)cc8)c8ccccc8N7)c6)c5)c4)Nc4ccccc43)cc2)cc1. The summed E-state index contributed by atoms with van der Waals surface area (Å²) in [5.74, 6) is 0.861. The summed E-state index contributed by atoms with van der Waals surface area (Å²) in [7, 11) is 0. The van der Waals surface area contributed by atoms with Gasteiger partial charge in [-0.15, -0.1) is 0 Å². The average molecular weight is 795 g/mol. The molecule has 2 unspecified atom stereocenters. The molecule has 4 heteroatoms. The Hall–Kier alpha value is -8.08. The fourth-order valence-electron chi connectivity index (χ4n) is 8.74. The molecule has 2 aliphatic rings. The van der Waals surface area contributed by atoms with Gasteiger partial charge in [0.25, 0.3) is 0 Å². The van der Waals surface area contributed by atoms with Gasteiger partial charge in [0.1, 0.15) is 18.0 Å². The van der Waals surface area contributed by atoms with Crippen molar-refractivity contribution in [3.05, 3.63) is 264 Å². The van der Waals surface area contributed by atoms with Crippen LogP contribution in [-0.4, -0.2) is 11.5 Å². The van der Waals surface area contributed by atoms with Crippen LogP contribution in [0.1, 0.15) is 45.6 Å². The lowest BCUT2D eigenvalue weighted by molar-refractivity contribution is 0.828. The van der Waals surface area contributed by atoms with Crippen molar-refractivity contribution in [3.8, 4) is 44.5 Å². The highest BCUT2D eigenvalue weighted by molar-refractivity contribution is 6.17. The zero-order valence-electron chi connectivity index (χ0n) is 34.0. The Balaban J connectivity index is 0.883. The molecule has 9 aromatic carbocycles. The Kier molecular flexibility index (Phi) is 9.64. The standard InChI is InChI=1S/C58H42N4/c1-3-14-39(15-4-1)41-28-32-43(33-29-41)55-51-24-7-9-26-53(51)59-57(61-55)49-22-12-20-47(37-49)45-18-11-19-46(36-45)48-21-13-23-50(38-48)58-60-54-27-10-8-25-52(54)56(62-58)44-34-30-42(31-35-44)40-16-5-2-6-17-40/h1-38,55,58,60H,(H,59,61). The molecule has 0 saturated heterocycles. The summed E-state index contributed by atoms with van der Waals surface area (Å²) in [6.07, 6.45) is -0.243. The van der Waals surface area contributed by atoms with E-state index in [0.29, 0.717) is 0 Å². The third kappa shape index (κ3) is 7.29. The fraction of sp³-hybridized carbons (Fsp3) is 0.0345. The number of rotatable bonds is 8. The lowest BCUT2D eigenvalue weighted by Gasteiger charge is -2.26. The van der Waals surface area contributed by atoms with Crippen molar-refractivity contribution < 1.29 is 0 Å². The molecule has 4 nitrogen and oxygen atoms in total. The van der Waals surface area contributed by atoms with Gasteiger partial charge in [-0.05, 0) is 86.0 Å². The molecule has 2 atom stereocenters. The Morgan fingerprint density at radius 1 is 0.323 bits per heavy atom. The van der Waals surface area contributed by atoms with Gasteiger partial charge < -0.3 is 10.6 Å². The smallest absolute Gasteiger partial charge is 0.145 e. The highest BCUT2D eigenvalue weighted by atomic mass is 15.1. The summed E-state index contributed by atoms with van der Waals surface area (Å²) in [5, 5.41) is 7.39. The maximum atomic E-state index is 5.36. The number of nitrogens with one attached hydrogen (secondary N) is 2. The van der Waals surface area contributed by atoms with Gasteiger partial charge in [0.15, 0.2) is 0 Å². The first-order chi connectivity index (χ1) is 30.7. The van der Waals surface area contributed by atoms with Crippen LogP contribution in [0.15, 0.2) is 241 Å². The minimum absolute atomic E-state index is 0.126. The molecule has 0 spiro atoms. The molecule has 294 valence electrons. The first-order valence-corrected chi connectivity index (χ1v) is 21.2. The van der Waals surface area contributed by atoms with E-state index in [0.717, 1.165) is 73.0 Å². The summed E-state index contributed by atoms with van der Waals surface area (Å²) < 4.78 is 0. The van der Waals surface area contributed by atoms with Gasteiger partial charge in [-0.2, -0.15) is 0 Å². The summed E-state index contributed by atoms with van der Waals surface area (Å²) in [6.45, 7) is 0. The average Bonchev–Trinajstić information content (AvgIpc) is 3.36. The van der Waals surface area contributed by atoms with Gasteiger partial charge in [0.05, 0.1) is 5.71 Å². The lowest BCUT2D eigenvalue weighted by Crippen LogP contribution is -2.22. The molecular formula is C58H42N4. The van der Waals surface area contributed by atoms with Crippen molar-refractivity contribution in [1.29, 1.82) is 0 Å². The molecular weight excluding hydrogens is 753 g/mol. The van der Waals surface area contributed by atoms with Crippen LogP contribution in [0, 0.1) is 0 Å².